The van der Waals surface area contributed by atoms with Crippen LogP contribution in [0.15, 0.2) is 52.0 Å². The molecular weight excluding hydrogens is 378 g/mol. The number of hydrazone groups is 1. The molecule has 0 heterocycles. The van der Waals surface area contributed by atoms with Crippen LogP contribution in [0.2, 0.25) is 5.02 Å². The van der Waals surface area contributed by atoms with Gasteiger partial charge in [0.2, 0.25) is 5.91 Å². The summed E-state index contributed by atoms with van der Waals surface area (Å²) in [6.45, 7) is 0. The average Bonchev–Trinajstić information content (AvgIpc) is 2.49. The maximum absolute atomic E-state index is 11.8. The van der Waals surface area contributed by atoms with Crippen molar-refractivity contribution in [3.8, 4) is 0 Å². The molecule has 0 spiro atoms. The lowest BCUT2D eigenvalue weighted by Crippen LogP contribution is -2.19. The maximum Gasteiger partial charge on any atom is 0.244 e. The molecule has 0 saturated heterocycles. The predicted molar refractivity (Wildman–Crippen MR) is 99.4 cm³/mol. The first kappa shape index (κ1) is 17.5. The molecule has 0 aromatic heterocycles. The van der Waals surface area contributed by atoms with Gasteiger partial charge in [-0.3, -0.25) is 4.79 Å². The fourth-order valence-electron chi connectivity index (χ4n) is 1.97. The number of nitrogens with zero attached hydrogens (tertiary/aromatic N) is 2. The van der Waals surface area contributed by atoms with Crippen molar-refractivity contribution in [1.82, 2.24) is 5.43 Å². The molecule has 0 radical (unpaired) electrons. The van der Waals surface area contributed by atoms with Gasteiger partial charge in [-0.25, -0.2) is 5.43 Å². The SMILES string of the molecule is CN(C)c1ccc(C=NNC(=O)Cc2ccc(Cl)cc2)cc1Br. The van der Waals surface area contributed by atoms with Crippen LogP contribution in [0, 0.1) is 0 Å². The highest BCUT2D eigenvalue weighted by atomic mass is 79.9. The Labute approximate surface area is 149 Å². The molecule has 0 bridgehead atoms. The third kappa shape index (κ3) is 5.37. The molecule has 120 valence electrons. The molecule has 2 aromatic carbocycles. The summed E-state index contributed by atoms with van der Waals surface area (Å²) in [7, 11) is 3.95. The van der Waals surface area contributed by atoms with Gasteiger partial charge in [0.1, 0.15) is 0 Å². The van der Waals surface area contributed by atoms with Gasteiger partial charge in [-0.15, -0.1) is 0 Å². The van der Waals surface area contributed by atoms with Gasteiger partial charge < -0.3 is 4.90 Å². The summed E-state index contributed by atoms with van der Waals surface area (Å²) in [4.78, 5) is 13.8. The molecule has 0 unspecified atom stereocenters. The first-order valence-corrected chi connectivity index (χ1v) is 8.16. The number of halogens is 2. The predicted octanol–water partition coefficient (Wildman–Crippen LogP) is 3.86. The second-order valence-electron chi connectivity index (χ2n) is 5.20. The Bertz CT molecular complexity index is 714. The smallest absolute Gasteiger partial charge is 0.244 e. The molecular formula is C17H17BrClN3O. The van der Waals surface area contributed by atoms with Crippen molar-refractivity contribution in [3.05, 3.63) is 63.1 Å². The van der Waals surface area contributed by atoms with Crippen molar-refractivity contribution < 1.29 is 4.79 Å². The van der Waals surface area contributed by atoms with Crippen LogP contribution in [0.4, 0.5) is 5.69 Å². The van der Waals surface area contributed by atoms with Gasteiger partial charge in [-0.2, -0.15) is 5.10 Å². The van der Waals surface area contributed by atoms with E-state index in [0.29, 0.717) is 5.02 Å². The summed E-state index contributed by atoms with van der Waals surface area (Å²) in [5.74, 6) is -0.174. The number of hydrogen-bond acceptors (Lipinski definition) is 3. The normalized spacial score (nSPS) is 10.8. The summed E-state index contributed by atoms with van der Waals surface area (Å²) in [5.41, 5.74) is 5.39. The molecule has 2 aromatic rings. The van der Waals surface area contributed by atoms with E-state index in [4.69, 9.17) is 11.6 Å². The molecule has 23 heavy (non-hydrogen) atoms. The number of nitrogens with one attached hydrogen (secondary N) is 1. The van der Waals surface area contributed by atoms with Gasteiger partial charge in [0, 0.05) is 23.6 Å². The highest BCUT2D eigenvalue weighted by Crippen LogP contribution is 2.25. The number of rotatable bonds is 5. The van der Waals surface area contributed by atoms with Crippen molar-refractivity contribution >= 4 is 45.3 Å². The molecule has 1 N–H and O–H groups in total. The van der Waals surface area contributed by atoms with Gasteiger partial charge in [-0.1, -0.05) is 29.8 Å². The number of anilines is 1. The molecule has 0 aliphatic rings. The highest BCUT2D eigenvalue weighted by Gasteiger charge is 2.03. The minimum absolute atomic E-state index is 0.174. The van der Waals surface area contributed by atoms with Gasteiger partial charge >= 0.3 is 0 Å². The Morgan fingerprint density at radius 3 is 2.57 bits per heavy atom. The van der Waals surface area contributed by atoms with E-state index >= 15 is 0 Å². The molecule has 0 atom stereocenters. The molecule has 6 heteroatoms. The maximum atomic E-state index is 11.8. The van der Waals surface area contributed by atoms with E-state index in [1.807, 2.05) is 49.3 Å². The third-order valence-electron chi connectivity index (χ3n) is 3.13. The first-order valence-electron chi connectivity index (χ1n) is 6.99. The Morgan fingerprint density at radius 1 is 1.26 bits per heavy atom. The largest absolute Gasteiger partial charge is 0.377 e. The zero-order chi connectivity index (χ0) is 16.8. The first-order chi connectivity index (χ1) is 11.0. The topological polar surface area (TPSA) is 44.7 Å². The van der Waals surface area contributed by atoms with Crippen LogP contribution in [-0.2, 0) is 11.2 Å². The highest BCUT2D eigenvalue weighted by molar-refractivity contribution is 9.10. The molecule has 1 amide bonds. The molecule has 0 aliphatic carbocycles. The molecule has 0 fully saturated rings. The molecule has 4 nitrogen and oxygen atoms in total. The van der Waals surface area contributed by atoms with Crippen molar-refractivity contribution in [2.24, 2.45) is 5.10 Å². The van der Waals surface area contributed by atoms with Crippen LogP contribution in [-0.4, -0.2) is 26.2 Å². The van der Waals surface area contributed by atoms with Crippen molar-refractivity contribution in [2.75, 3.05) is 19.0 Å². The van der Waals surface area contributed by atoms with Crippen LogP contribution < -0.4 is 10.3 Å². The van der Waals surface area contributed by atoms with Gasteiger partial charge in [0.15, 0.2) is 0 Å². The van der Waals surface area contributed by atoms with Crippen molar-refractivity contribution in [1.29, 1.82) is 0 Å². The van der Waals surface area contributed by atoms with E-state index in [-0.39, 0.29) is 12.3 Å². The van der Waals surface area contributed by atoms with Gasteiger partial charge in [0.05, 0.1) is 18.3 Å². The second kappa shape index (κ2) is 8.13. The molecule has 0 aliphatic heterocycles. The standard InChI is InChI=1S/C17H17BrClN3O/c1-22(2)16-8-5-13(9-15(16)18)11-20-21-17(23)10-12-3-6-14(19)7-4-12/h3-9,11H,10H2,1-2H3,(H,21,23). The third-order valence-corrected chi connectivity index (χ3v) is 4.02. The summed E-state index contributed by atoms with van der Waals surface area (Å²) >= 11 is 9.33. The lowest BCUT2D eigenvalue weighted by Gasteiger charge is -2.14. The molecule has 0 saturated carbocycles. The minimum Gasteiger partial charge on any atom is -0.377 e. The Morgan fingerprint density at radius 2 is 1.96 bits per heavy atom. The summed E-state index contributed by atoms with van der Waals surface area (Å²) in [6.07, 6.45) is 1.88. The van der Waals surface area contributed by atoms with E-state index in [2.05, 4.69) is 26.5 Å². The lowest BCUT2D eigenvalue weighted by molar-refractivity contribution is -0.120. The number of benzene rings is 2. The van der Waals surface area contributed by atoms with Crippen molar-refractivity contribution in [3.63, 3.8) is 0 Å². The van der Waals surface area contributed by atoms with E-state index in [0.717, 1.165) is 21.3 Å². The minimum atomic E-state index is -0.174. The quantitative estimate of drug-likeness (QED) is 0.618. The monoisotopic (exact) mass is 393 g/mol. The summed E-state index contributed by atoms with van der Waals surface area (Å²) in [6, 6.07) is 13.0. The zero-order valence-corrected chi connectivity index (χ0v) is 15.2. The van der Waals surface area contributed by atoms with Crippen LogP contribution >= 0.6 is 27.5 Å². The summed E-state index contributed by atoms with van der Waals surface area (Å²) in [5, 5.41) is 4.64. The van der Waals surface area contributed by atoms with Crippen LogP contribution in [0.25, 0.3) is 0 Å². The van der Waals surface area contributed by atoms with Gasteiger partial charge in [0.25, 0.3) is 0 Å². The van der Waals surface area contributed by atoms with E-state index < -0.39 is 0 Å². The fourth-order valence-corrected chi connectivity index (χ4v) is 2.85. The average molecular weight is 395 g/mol. The van der Waals surface area contributed by atoms with Crippen LogP contribution in [0.1, 0.15) is 11.1 Å². The Balaban J connectivity index is 1.92. The van der Waals surface area contributed by atoms with Crippen LogP contribution in [0.5, 0.6) is 0 Å². The second-order valence-corrected chi connectivity index (χ2v) is 6.49. The molecule has 2 rings (SSSR count). The number of carbonyl (C=O) groups excluding carboxylic acids is 1. The van der Waals surface area contributed by atoms with Crippen molar-refractivity contribution in [2.45, 2.75) is 6.42 Å². The Kier molecular flexibility index (Phi) is 6.19. The van der Waals surface area contributed by atoms with E-state index in [1.54, 1.807) is 18.3 Å². The number of carbonyl (C=O) groups is 1. The van der Waals surface area contributed by atoms with Gasteiger partial charge in [-0.05, 0) is 51.3 Å². The number of hydrogen-bond donors (Lipinski definition) is 1. The zero-order valence-electron chi connectivity index (χ0n) is 12.9. The summed E-state index contributed by atoms with van der Waals surface area (Å²) < 4.78 is 0.971. The van der Waals surface area contributed by atoms with E-state index in [9.17, 15) is 4.79 Å². The Hall–Kier alpha value is -1.85. The van der Waals surface area contributed by atoms with E-state index in [1.165, 1.54) is 0 Å². The number of amides is 1. The lowest BCUT2D eigenvalue weighted by atomic mass is 10.1. The fraction of sp³-hybridized carbons (Fsp3) is 0.176. The van der Waals surface area contributed by atoms with Crippen LogP contribution in [0.3, 0.4) is 0 Å².